The molecule has 1 saturated heterocycles. The smallest absolute Gasteiger partial charge is 0.309 e. The van der Waals surface area contributed by atoms with E-state index in [4.69, 9.17) is 0 Å². The van der Waals surface area contributed by atoms with Crippen molar-refractivity contribution in [3.8, 4) is 0 Å². The zero-order chi connectivity index (χ0) is 14.6. The van der Waals surface area contributed by atoms with Crippen molar-refractivity contribution >= 4 is 11.9 Å². The molecule has 0 spiro atoms. The third kappa shape index (κ3) is 4.20. The summed E-state index contributed by atoms with van der Waals surface area (Å²) >= 11 is 0. The summed E-state index contributed by atoms with van der Waals surface area (Å²) in [7, 11) is 3.89. The summed E-state index contributed by atoms with van der Waals surface area (Å²) in [4.78, 5) is 27.2. The van der Waals surface area contributed by atoms with Crippen molar-refractivity contribution in [1.82, 2.24) is 9.80 Å². The van der Waals surface area contributed by atoms with E-state index in [1.165, 1.54) is 0 Å². The second-order valence-electron chi connectivity index (χ2n) is 6.26. The number of piperidine rings is 1. The lowest BCUT2D eigenvalue weighted by atomic mass is 9.74. The molecule has 19 heavy (non-hydrogen) atoms. The van der Waals surface area contributed by atoms with Crippen molar-refractivity contribution in [2.24, 2.45) is 11.3 Å². The first-order valence-electron chi connectivity index (χ1n) is 6.91. The van der Waals surface area contributed by atoms with Gasteiger partial charge in [-0.25, -0.2) is 0 Å². The lowest BCUT2D eigenvalue weighted by molar-refractivity contribution is -0.153. The topological polar surface area (TPSA) is 60.9 Å². The molecule has 110 valence electrons. The molecule has 1 rings (SSSR count). The Morgan fingerprint density at radius 2 is 2.00 bits per heavy atom. The largest absolute Gasteiger partial charge is 0.481 e. The van der Waals surface area contributed by atoms with Crippen LogP contribution < -0.4 is 0 Å². The van der Waals surface area contributed by atoms with Crippen LogP contribution in [-0.2, 0) is 9.59 Å². The monoisotopic (exact) mass is 270 g/mol. The number of aliphatic carboxylic acids is 1. The standard InChI is InChI=1S/C14H26N2O3/c1-14(2,13(18)19)11-6-5-8-16(10-11)12(17)7-9-15(3)4/h11H,5-10H2,1-4H3,(H,18,19). The molecule has 1 fully saturated rings. The Morgan fingerprint density at radius 1 is 1.37 bits per heavy atom. The number of hydrogen-bond donors (Lipinski definition) is 1. The number of rotatable bonds is 5. The molecule has 5 heteroatoms. The summed E-state index contributed by atoms with van der Waals surface area (Å²) < 4.78 is 0. The number of likely N-dealkylation sites (tertiary alicyclic amines) is 1. The van der Waals surface area contributed by atoms with E-state index in [9.17, 15) is 14.7 Å². The maximum atomic E-state index is 12.1. The molecule has 0 aromatic heterocycles. The molecule has 1 amide bonds. The van der Waals surface area contributed by atoms with E-state index in [1.54, 1.807) is 13.8 Å². The number of carboxylic acid groups (broad SMARTS) is 1. The Hall–Kier alpha value is -1.10. The van der Waals surface area contributed by atoms with E-state index >= 15 is 0 Å². The number of amides is 1. The summed E-state index contributed by atoms with van der Waals surface area (Å²) in [6.07, 6.45) is 2.29. The second kappa shape index (κ2) is 6.37. The van der Waals surface area contributed by atoms with Gasteiger partial charge in [-0.3, -0.25) is 9.59 Å². The number of carbonyl (C=O) groups is 2. The fourth-order valence-corrected chi connectivity index (χ4v) is 2.44. The Kier molecular flexibility index (Phi) is 5.35. The van der Waals surface area contributed by atoms with Crippen molar-refractivity contribution in [2.75, 3.05) is 33.7 Å². The van der Waals surface area contributed by atoms with Gasteiger partial charge in [-0.2, -0.15) is 0 Å². The molecule has 1 heterocycles. The Morgan fingerprint density at radius 3 is 2.53 bits per heavy atom. The maximum Gasteiger partial charge on any atom is 0.309 e. The van der Waals surface area contributed by atoms with Gasteiger partial charge < -0.3 is 14.9 Å². The number of nitrogens with zero attached hydrogens (tertiary/aromatic N) is 2. The van der Waals surface area contributed by atoms with Gasteiger partial charge in [0.2, 0.25) is 5.91 Å². The first-order chi connectivity index (χ1) is 8.75. The van der Waals surface area contributed by atoms with Crippen LogP contribution in [0.25, 0.3) is 0 Å². The highest BCUT2D eigenvalue weighted by Crippen LogP contribution is 2.34. The molecule has 5 nitrogen and oxygen atoms in total. The minimum atomic E-state index is -0.778. The quantitative estimate of drug-likeness (QED) is 0.817. The molecule has 0 bridgehead atoms. The molecule has 1 unspecified atom stereocenters. The van der Waals surface area contributed by atoms with Crippen LogP contribution in [-0.4, -0.2) is 60.5 Å². The highest BCUT2D eigenvalue weighted by atomic mass is 16.4. The van der Waals surface area contributed by atoms with Crippen molar-refractivity contribution in [3.05, 3.63) is 0 Å². The molecule has 0 aromatic rings. The molecule has 1 aliphatic heterocycles. The Bertz CT molecular complexity index is 340. The zero-order valence-corrected chi connectivity index (χ0v) is 12.5. The molecule has 1 aliphatic rings. The van der Waals surface area contributed by atoms with Crippen LogP contribution in [0.15, 0.2) is 0 Å². The van der Waals surface area contributed by atoms with E-state index < -0.39 is 11.4 Å². The van der Waals surface area contributed by atoms with Crippen molar-refractivity contribution in [3.63, 3.8) is 0 Å². The van der Waals surface area contributed by atoms with Crippen LogP contribution in [0.5, 0.6) is 0 Å². The summed E-state index contributed by atoms with van der Waals surface area (Å²) in [6, 6.07) is 0. The summed E-state index contributed by atoms with van der Waals surface area (Å²) in [5, 5.41) is 9.28. The van der Waals surface area contributed by atoms with E-state index in [0.717, 1.165) is 25.9 Å². The minimum Gasteiger partial charge on any atom is -0.481 e. The Labute approximate surface area is 115 Å². The predicted molar refractivity (Wildman–Crippen MR) is 73.9 cm³/mol. The van der Waals surface area contributed by atoms with Crippen LogP contribution in [0.2, 0.25) is 0 Å². The SMILES string of the molecule is CN(C)CCC(=O)N1CCCC(C(C)(C)C(=O)O)C1. The van der Waals surface area contributed by atoms with Crippen molar-refractivity contribution < 1.29 is 14.7 Å². The first-order valence-corrected chi connectivity index (χ1v) is 6.91. The fourth-order valence-electron chi connectivity index (χ4n) is 2.44. The van der Waals surface area contributed by atoms with Crippen LogP contribution in [0, 0.1) is 11.3 Å². The Balaban J connectivity index is 2.59. The van der Waals surface area contributed by atoms with Gasteiger partial charge in [-0.05, 0) is 46.7 Å². The highest BCUT2D eigenvalue weighted by Gasteiger charge is 2.39. The fraction of sp³-hybridized carbons (Fsp3) is 0.857. The van der Waals surface area contributed by atoms with Gasteiger partial charge in [0.25, 0.3) is 0 Å². The molecule has 0 aromatic carbocycles. The average molecular weight is 270 g/mol. The van der Waals surface area contributed by atoms with Crippen LogP contribution in [0.4, 0.5) is 0 Å². The van der Waals surface area contributed by atoms with Gasteiger partial charge in [0, 0.05) is 26.1 Å². The summed E-state index contributed by atoms with van der Waals surface area (Å²) in [6.45, 7) is 5.59. The minimum absolute atomic E-state index is 0.0436. The third-order valence-electron chi connectivity index (χ3n) is 4.12. The molecule has 0 aliphatic carbocycles. The van der Waals surface area contributed by atoms with Gasteiger partial charge in [0.15, 0.2) is 0 Å². The van der Waals surface area contributed by atoms with Crippen LogP contribution in [0.1, 0.15) is 33.1 Å². The van der Waals surface area contributed by atoms with Gasteiger partial charge in [-0.1, -0.05) is 0 Å². The highest BCUT2D eigenvalue weighted by molar-refractivity contribution is 5.77. The van der Waals surface area contributed by atoms with E-state index in [1.807, 2.05) is 23.9 Å². The molecule has 1 N–H and O–H groups in total. The number of hydrogen-bond acceptors (Lipinski definition) is 3. The number of carbonyl (C=O) groups excluding carboxylic acids is 1. The van der Waals surface area contributed by atoms with Crippen LogP contribution in [0.3, 0.4) is 0 Å². The molecular weight excluding hydrogens is 244 g/mol. The number of carboxylic acids is 1. The lowest BCUT2D eigenvalue weighted by Gasteiger charge is -2.39. The van der Waals surface area contributed by atoms with Crippen molar-refractivity contribution in [1.29, 1.82) is 0 Å². The molecule has 0 saturated carbocycles. The normalized spacial score (nSPS) is 20.7. The average Bonchev–Trinajstić information content (AvgIpc) is 2.35. The first kappa shape index (κ1) is 16.0. The van der Waals surface area contributed by atoms with E-state index in [0.29, 0.717) is 13.0 Å². The third-order valence-corrected chi connectivity index (χ3v) is 4.12. The van der Waals surface area contributed by atoms with Crippen molar-refractivity contribution in [2.45, 2.75) is 33.1 Å². The van der Waals surface area contributed by atoms with Gasteiger partial charge >= 0.3 is 5.97 Å². The molecular formula is C14H26N2O3. The van der Waals surface area contributed by atoms with Gasteiger partial charge in [0.1, 0.15) is 0 Å². The van der Waals surface area contributed by atoms with E-state index in [-0.39, 0.29) is 11.8 Å². The van der Waals surface area contributed by atoms with Crippen LogP contribution >= 0.6 is 0 Å². The summed E-state index contributed by atoms with van der Waals surface area (Å²) in [5.41, 5.74) is -0.763. The maximum absolute atomic E-state index is 12.1. The zero-order valence-electron chi connectivity index (χ0n) is 12.5. The molecule has 1 atom stereocenters. The van der Waals surface area contributed by atoms with Gasteiger partial charge in [0.05, 0.1) is 5.41 Å². The van der Waals surface area contributed by atoms with Gasteiger partial charge in [-0.15, -0.1) is 0 Å². The second-order valence-corrected chi connectivity index (χ2v) is 6.26. The summed E-state index contributed by atoms with van der Waals surface area (Å²) in [5.74, 6) is -0.596. The van der Waals surface area contributed by atoms with E-state index in [2.05, 4.69) is 0 Å². The lowest BCUT2D eigenvalue weighted by Crippen LogP contribution is -2.47. The predicted octanol–water partition coefficient (Wildman–Crippen LogP) is 1.29. The molecule has 0 radical (unpaired) electrons.